The topological polar surface area (TPSA) is 78.3 Å². The normalized spacial score (nSPS) is 14.3. The second-order valence-corrected chi connectivity index (χ2v) is 10.5. The van der Waals surface area contributed by atoms with Crippen molar-refractivity contribution in [3.63, 3.8) is 0 Å². The van der Waals surface area contributed by atoms with E-state index in [-0.39, 0.29) is 32.2 Å². The number of benzene rings is 2. The van der Waals surface area contributed by atoms with E-state index in [1.54, 1.807) is 19.1 Å². The Morgan fingerprint density at radius 1 is 0.867 bits per heavy atom. The van der Waals surface area contributed by atoms with Crippen molar-refractivity contribution in [3.8, 4) is 0 Å². The molecule has 3 amide bonds. The number of alkyl halides is 6. The van der Waals surface area contributed by atoms with Crippen LogP contribution in [0, 0.1) is 12.7 Å². The van der Waals surface area contributed by atoms with Gasteiger partial charge in [-0.1, -0.05) is 12.1 Å². The molecule has 15 heteroatoms. The third kappa shape index (κ3) is 9.94. The number of halogens is 7. The summed E-state index contributed by atoms with van der Waals surface area (Å²) < 4.78 is 105. The maximum atomic E-state index is 13.7. The van der Waals surface area contributed by atoms with E-state index >= 15 is 0 Å². The summed E-state index contributed by atoms with van der Waals surface area (Å²) in [6.07, 6.45) is -10.2. The summed E-state index contributed by atoms with van der Waals surface area (Å²) in [6, 6.07) is 8.46. The summed E-state index contributed by atoms with van der Waals surface area (Å²) in [5.41, 5.74) is -3.35. The Morgan fingerprint density at radius 2 is 1.49 bits per heavy atom. The minimum Gasteiger partial charge on any atom is -0.464 e. The highest BCUT2D eigenvalue weighted by atomic mass is 19.4. The number of carbonyl (C=O) groups is 2. The molecule has 0 bridgehead atoms. The van der Waals surface area contributed by atoms with Crippen molar-refractivity contribution in [2.24, 2.45) is 0 Å². The zero-order valence-electron chi connectivity index (χ0n) is 24.2. The van der Waals surface area contributed by atoms with E-state index < -0.39 is 53.5 Å². The maximum absolute atomic E-state index is 13.7. The van der Waals surface area contributed by atoms with Crippen molar-refractivity contribution < 1.29 is 49.5 Å². The molecule has 1 saturated heterocycles. The van der Waals surface area contributed by atoms with Crippen LogP contribution >= 0.6 is 0 Å². The average molecular weight is 645 g/mol. The van der Waals surface area contributed by atoms with Crippen molar-refractivity contribution in [3.05, 3.63) is 88.6 Å². The van der Waals surface area contributed by atoms with Crippen molar-refractivity contribution >= 4 is 17.6 Å². The Labute approximate surface area is 254 Å². The number of hydrogen-bond acceptors (Lipinski definition) is 5. The molecular formula is C30H31F7N4O4. The monoisotopic (exact) mass is 644 g/mol. The Morgan fingerprint density at radius 3 is 2.04 bits per heavy atom. The summed E-state index contributed by atoms with van der Waals surface area (Å²) in [7, 11) is 0. The Hall–Kier alpha value is -4.11. The minimum absolute atomic E-state index is 0.000352. The molecule has 0 spiro atoms. The zero-order valence-corrected chi connectivity index (χ0v) is 24.2. The van der Waals surface area contributed by atoms with Gasteiger partial charge in [-0.2, -0.15) is 26.3 Å². The summed E-state index contributed by atoms with van der Waals surface area (Å²) in [5, 5.41) is 2.12. The molecule has 244 valence electrons. The van der Waals surface area contributed by atoms with Gasteiger partial charge in [-0.05, 0) is 55.0 Å². The molecule has 3 aromatic rings. The van der Waals surface area contributed by atoms with Crippen LogP contribution in [0.15, 0.2) is 59.0 Å². The average Bonchev–Trinajstić information content (AvgIpc) is 3.39. The SMILES string of the molecule is Cc1ccc(CN(Cc2ccc(F)cc2)C(=O)CN(CCN2CCOCC2)C(=O)Nc2cc(C(F)(F)F)cc(C(F)(F)F)c2)o1. The summed E-state index contributed by atoms with van der Waals surface area (Å²) >= 11 is 0. The lowest BCUT2D eigenvalue weighted by molar-refractivity contribution is -0.143. The molecule has 0 saturated carbocycles. The summed E-state index contributed by atoms with van der Waals surface area (Å²) in [4.78, 5) is 31.4. The number of carbonyl (C=O) groups excluding carboxylic acids is 2. The van der Waals surface area contributed by atoms with Crippen molar-refractivity contribution in [1.82, 2.24) is 14.7 Å². The van der Waals surface area contributed by atoms with Gasteiger partial charge in [0.2, 0.25) is 5.91 Å². The third-order valence-electron chi connectivity index (χ3n) is 7.02. The number of nitrogens with one attached hydrogen (secondary N) is 1. The Kier molecular flexibility index (Phi) is 10.8. The Balaban J connectivity index is 1.59. The molecule has 0 aliphatic carbocycles. The van der Waals surface area contributed by atoms with Gasteiger partial charge in [-0.3, -0.25) is 9.69 Å². The van der Waals surface area contributed by atoms with Crippen LogP contribution in [-0.2, 0) is 35.0 Å². The van der Waals surface area contributed by atoms with E-state index in [1.165, 1.54) is 29.2 Å². The van der Waals surface area contributed by atoms with Crippen LogP contribution in [-0.4, -0.2) is 72.6 Å². The van der Waals surface area contributed by atoms with Gasteiger partial charge in [0.05, 0.1) is 30.9 Å². The predicted octanol–water partition coefficient (Wildman–Crippen LogP) is 6.16. The van der Waals surface area contributed by atoms with Gasteiger partial charge in [-0.15, -0.1) is 0 Å². The number of ether oxygens (including phenoxy) is 1. The number of morpholine rings is 1. The number of aryl methyl sites for hydroxylation is 1. The van der Waals surface area contributed by atoms with Gasteiger partial charge in [0.25, 0.3) is 0 Å². The van der Waals surface area contributed by atoms with Crippen LogP contribution in [0.25, 0.3) is 0 Å². The van der Waals surface area contributed by atoms with Crippen molar-refractivity contribution in [2.45, 2.75) is 32.4 Å². The standard InChI is InChI=1S/C30H31F7N4O4/c1-20-2-7-26(45-20)18-41(17-21-3-5-24(31)6-4-21)27(42)19-40(9-8-39-10-12-44-13-11-39)28(43)38-25-15-22(29(32,33)34)14-23(16-25)30(35,36)37/h2-7,14-16H,8-13,17-19H2,1H3,(H,38,43). The fourth-order valence-electron chi connectivity index (χ4n) is 4.63. The number of rotatable bonds is 10. The molecule has 8 nitrogen and oxygen atoms in total. The number of hydrogen-bond donors (Lipinski definition) is 1. The van der Waals surface area contributed by atoms with E-state index in [2.05, 4.69) is 5.32 Å². The molecule has 1 aliphatic rings. The lowest BCUT2D eigenvalue weighted by Gasteiger charge is -2.31. The zero-order chi connectivity index (χ0) is 32.8. The molecule has 1 N–H and O–H groups in total. The van der Waals surface area contributed by atoms with Crippen LogP contribution in [0.2, 0.25) is 0 Å². The number of urea groups is 1. The first-order valence-electron chi connectivity index (χ1n) is 13.9. The molecule has 0 atom stereocenters. The largest absolute Gasteiger partial charge is 0.464 e. The smallest absolute Gasteiger partial charge is 0.416 e. The first-order valence-corrected chi connectivity index (χ1v) is 13.9. The quantitative estimate of drug-likeness (QED) is 0.268. The van der Waals surface area contributed by atoms with E-state index in [9.17, 15) is 40.3 Å². The first kappa shape index (κ1) is 33.8. The van der Waals surface area contributed by atoms with E-state index in [1.807, 2.05) is 4.90 Å². The van der Waals surface area contributed by atoms with E-state index in [0.29, 0.717) is 55.5 Å². The van der Waals surface area contributed by atoms with Gasteiger partial charge in [0.1, 0.15) is 23.9 Å². The number of furan rings is 1. The van der Waals surface area contributed by atoms with Crippen LogP contribution in [0.1, 0.15) is 28.2 Å². The number of anilines is 1. The minimum atomic E-state index is -5.11. The van der Waals surface area contributed by atoms with E-state index in [4.69, 9.17) is 9.15 Å². The second-order valence-electron chi connectivity index (χ2n) is 10.5. The first-order chi connectivity index (χ1) is 21.2. The van der Waals surface area contributed by atoms with E-state index in [0.717, 1.165) is 4.90 Å². The molecule has 1 aliphatic heterocycles. The second kappa shape index (κ2) is 14.3. The number of amides is 3. The van der Waals surface area contributed by atoms with Crippen LogP contribution in [0.4, 0.5) is 41.2 Å². The van der Waals surface area contributed by atoms with Gasteiger partial charge < -0.3 is 24.3 Å². The van der Waals surface area contributed by atoms with Gasteiger partial charge >= 0.3 is 18.4 Å². The Bertz CT molecular complexity index is 1420. The fraction of sp³-hybridized carbons (Fsp3) is 0.400. The molecule has 0 radical (unpaired) electrons. The molecule has 2 heterocycles. The van der Waals surface area contributed by atoms with Crippen LogP contribution in [0.5, 0.6) is 0 Å². The highest BCUT2D eigenvalue weighted by Crippen LogP contribution is 2.37. The molecule has 1 fully saturated rings. The summed E-state index contributed by atoms with van der Waals surface area (Å²) in [5.74, 6) is -0.0565. The van der Waals surface area contributed by atoms with Gasteiger partial charge in [0.15, 0.2) is 0 Å². The predicted molar refractivity (Wildman–Crippen MR) is 148 cm³/mol. The third-order valence-corrected chi connectivity index (χ3v) is 7.02. The fourth-order valence-corrected chi connectivity index (χ4v) is 4.63. The number of nitrogens with zero attached hydrogens (tertiary/aromatic N) is 3. The van der Waals surface area contributed by atoms with Crippen molar-refractivity contribution in [2.75, 3.05) is 51.3 Å². The molecule has 0 unspecified atom stereocenters. The van der Waals surface area contributed by atoms with Crippen molar-refractivity contribution in [1.29, 1.82) is 0 Å². The van der Waals surface area contributed by atoms with Crippen LogP contribution in [0.3, 0.4) is 0 Å². The molecular weight excluding hydrogens is 613 g/mol. The van der Waals surface area contributed by atoms with Gasteiger partial charge in [0, 0.05) is 38.4 Å². The lowest BCUT2D eigenvalue weighted by Crippen LogP contribution is -2.48. The highest BCUT2D eigenvalue weighted by Gasteiger charge is 2.37. The molecule has 45 heavy (non-hydrogen) atoms. The maximum Gasteiger partial charge on any atom is 0.416 e. The molecule has 1 aromatic heterocycles. The lowest BCUT2D eigenvalue weighted by atomic mass is 10.1. The van der Waals surface area contributed by atoms with Crippen LogP contribution < -0.4 is 5.32 Å². The van der Waals surface area contributed by atoms with Gasteiger partial charge in [-0.25, -0.2) is 9.18 Å². The highest BCUT2D eigenvalue weighted by molar-refractivity contribution is 5.92. The molecule has 4 rings (SSSR count). The summed E-state index contributed by atoms with van der Waals surface area (Å²) in [6.45, 7) is 3.23. The molecule has 2 aromatic carbocycles.